The van der Waals surface area contributed by atoms with Crippen molar-refractivity contribution in [2.45, 2.75) is 0 Å². The number of rotatable bonds is 2. The van der Waals surface area contributed by atoms with Crippen molar-refractivity contribution < 1.29 is 9.47 Å². The number of benzene rings is 1. The maximum atomic E-state index is 11.6. The molecule has 8 heteroatoms. The Bertz CT molecular complexity index is 937. The van der Waals surface area contributed by atoms with Gasteiger partial charge in [0.1, 0.15) is 5.52 Å². The number of aromatic nitrogens is 4. The number of hydrogen-bond acceptors (Lipinski definition) is 7. The highest BCUT2D eigenvalue weighted by Gasteiger charge is 2.13. The predicted molar refractivity (Wildman–Crippen MR) is 78.4 cm³/mol. The fraction of sp³-hybridized carbons (Fsp3) is 0.143. The second-order valence-electron chi connectivity index (χ2n) is 4.75. The molecule has 0 amide bonds. The smallest absolute Gasteiger partial charge is 0.270 e. The molecular formula is C14H11N5O3. The second-order valence-corrected chi connectivity index (χ2v) is 4.75. The van der Waals surface area contributed by atoms with Gasteiger partial charge in [-0.15, -0.1) is 0 Å². The van der Waals surface area contributed by atoms with Crippen molar-refractivity contribution >= 4 is 22.8 Å². The summed E-state index contributed by atoms with van der Waals surface area (Å²) in [5.41, 5.74) is 1.56. The average Bonchev–Trinajstić information content (AvgIpc) is 2.99. The van der Waals surface area contributed by atoms with Crippen LogP contribution in [0.1, 0.15) is 0 Å². The minimum atomic E-state index is -0.222. The number of aryl methyl sites for hydroxylation is 1. The maximum Gasteiger partial charge on any atom is 0.270 e. The Kier molecular flexibility index (Phi) is 2.68. The number of hydrogen-bond donors (Lipinski definition) is 1. The summed E-state index contributed by atoms with van der Waals surface area (Å²) >= 11 is 0. The third kappa shape index (κ3) is 2.01. The van der Waals surface area contributed by atoms with Gasteiger partial charge in [0.15, 0.2) is 17.1 Å². The number of anilines is 2. The lowest BCUT2D eigenvalue weighted by molar-refractivity contribution is 0.174. The van der Waals surface area contributed by atoms with E-state index in [9.17, 15) is 4.79 Å². The zero-order valence-electron chi connectivity index (χ0n) is 11.6. The molecule has 2 aromatic heterocycles. The summed E-state index contributed by atoms with van der Waals surface area (Å²) in [6, 6.07) is 5.45. The van der Waals surface area contributed by atoms with E-state index in [0.717, 1.165) is 5.69 Å². The van der Waals surface area contributed by atoms with E-state index < -0.39 is 0 Å². The Morgan fingerprint density at radius 1 is 1.18 bits per heavy atom. The molecule has 8 nitrogen and oxygen atoms in total. The summed E-state index contributed by atoms with van der Waals surface area (Å²) in [6.07, 6.45) is 2.81. The third-order valence-electron chi connectivity index (χ3n) is 3.34. The van der Waals surface area contributed by atoms with Crippen molar-refractivity contribution in [1.82, 2.24) is 19.5 Å². The standard InChI is InChI=1S/C14H11N5O3/c1-19-12(20)6-15-9-5-16-14(18-13(9)19)17-8-2-3-10-11(4-8)22-7-21-10/h2-6H,7H2,1H3,(H,16,17,18). The monoisotopic (exact) mass is 297 g/mol. The number of ether oxygens (including phenoxy) is 2. The van der Waals surface area contributed by atoms with Gasteiger partial charge >= 0.3 is 0 Å². The Labute approximate surface area is 124 Å². The van der Waals surface area contributed by atoms with E-state index in [4.69, 9.17) is 9.47 Å². The minimum Gasteiger partial charge on any atom is -0.454 e. The lowest BCUT2D eigenvalue weighted by Crippen LogP contribution is -2.18. The first-order chi connectivity index (χ1) is 10.7. The van der Waals surface area contributed by atoms with Crippen LogP contribution in [-0.4, -0.2) is 26.3 Å². The van der Waals surface area contributed by atoms with Gasteiger partial charge in [-0.05, 0) is 12.1 Å². The molecule has 4 rings (SSSR count). The molecule has 0 atom stereocenters. The lowest BCUT2D eigenvalue weighted by atomic mass is 10.3. The summed E-state index contributed by atoms with van der Waals surface area (Å²) in [5.74, 6) is 1.74. The van der Waals surface area contributed by atoms with E-state index in [2.05, 4.69) is 20.3 Å². The zero-order valence-corrected chi connectivity index (χ0v) is 11.6. The SMILES string of the molecule is Cn1c(=O)cnc2cnc(Nc3ccc4c(c3)OCO4)nc21. The van der Waals surface area contributed by atoms with Crippen molar-refractivity contribution in [3.05, 3.63) is 40.9 Å². The Morgan fingerprint density at radius 2 is 2.05 bits per heavy atom. The molecule has 0 spiro atoms. The highest BCUT2D eigenvalue weighted by atomic mass is 16.7. The van der Waals surface area contributed by atoms with Gasteiger partial charge in [-0.25, -0.2) is 9.97 Å². The van der Waals surface area contributed by atoms with Gasteiger partial charge in [0.2, 0.25) is 12.7 Å². The molecule has 1 aliphatic heterocycles. The molecule has 22 heavy (non-hydrogen) atoms. The first kappa shape index (κ1) is 12.6. The summed E-state index contributed by atoms with van der Waals surface area (Å²) in [7, 11) is 1.64. The van der Waals surface area contributed by atoms with Crippen LogP contribution in [0.15, 0.2) is 35.4 Å². The van der Waals surface area contributed by atoms with Crippen LogP contribution < -0.4 is 20.3 Å². The van der Waals surface area contributed by atoms with Crippen LogP contribution >= 0.6 is 0 Å². The minimum absolute atomic E-state index is 0.221. The molecule has 0 radical (unpaired) electrons. The normalized spacial score (nSPS) is 12.6. The molecular weight excluding hydrogens is 286 g/mol. The van der Waals surface area contributed by atoms with Gasteiger partial charge in [-0.2, -0.15) is 4.98 Å². The molecule has 3 aromatic rings. The second kappa shape index (κ2) is 4.69. The van der Waals surface area contributed by atoms with Gasteiger partial charge < -0.3 is 14.8 Å². The summed E-state index contributed by atoms with van der Waals surface area (Å²) in [6.45, 7) is 0.221. The summed E-state index contributed by atoms with van der Waals surface area (Å²) < 4.78 is 12.0. The van der Waals surface area contributed by atoms with E-state index in [1.54, 1.807) is 19.3 Å². The molecule has 1 N–H and O–H groups in total. The van der Waals surface area contributed by atoms with E-state index in [-0.39, 0.29) is 12.4 Å². The predicted octanol–water partition coefficient (Wildman–Crippen LogP) is 1.20. The zero-order chi connectivity index (χ0) is 15.1. The van der Waals surface area contributed by atoms with Crippen LogP contribution in [-0.2, 0) is 7.05 Å². The fourth-order valence-electron chi connectivity index (χ4n) is 2.18. The van der Waals surface area contributed by atoms with Gasteiger partial charge in [-0.1, -0.05) is 0 Å². The van der Waals surface area contributed by atoms with E-state index >= 15 is 0 Å². The summed E-state index contributed by atoms with van der Waals surface area (Å²) in [4.78, 5) is 24.2. The number of nitrogens with one attached hydrogen (secondary N) is 1. The van der Waals surface area contributed by atoms with E-state index in [0.29, 0.717) is 28.6 Å². The van der Waals surface area contributed by atoms with Crippen LogP contribution in [0.5, 0.6) is 11.5 Å². The Morgan fingerprint density at radius 3 is 2.95 bits per heavy atom. The van der Waals surface area contributed by atoms with Crippen molar-refractivity contribution in [1.29, 1.82) is 0 Å². The number of nitrogens with zero attached hydrogens (tertiary/aromatic N) is 4. The molecule has 1 aromatic carbocycles. The number of fused-ring (bicyclic) bond motifs is 2. The van der Waals surface area contributed by atoms with Crippen LogP contribution in [0.2, 0.25) is 0 Å². The molecule has 3 heterocycles. The largest absolute Gasteiger partial charge is 0.454 e. The highest BCUT2D eigenvalue weighted by molar-refractivity contribution is 5.71. The van der Waals surface area contributed by atoms with Gasteiger partial charge in [0, 0.05) is 18.8 Å². The average molecular weight is 297 g/mol. The Hall–Kier alpha value is -3.16. The first-order valence-corrected chi connectivity index (χ1v) is 6.56. The van der Waals surface area contributed by atoms with Gasteiger partial charge in [0.25, 0.3) is 5.56 Å². The van der Waals surface area contributed by atoms with Gasteiger partial charge in [-0.3, -0.25) is 9.36 Å². The molecule has 0 aliphatic carbocycles. The Balaban J connectivity index is 1.72. The van der Waals surface area contributed by atoms with Crippen molar-refractivity contribution in [3.63, 3.8) is 0 Å². The summed E-state index contributed by atoms with van der Waals surface area (Å²) in [5, 5.41) is 3.07. The van der Waals surface area contributed by atoms with Crippen LogP contribution in [0.4, 0.5) is 11.6 Å². The first-order valence-electron chi connectivity index (χ1n) is 6.56. The quantitative estimate of drug-likeness (QED) is 0.759. The van der Waals surface area contributed by atoms with Crippen molar-refractivity contribution in [3.8, 4) is 11.5 Å². The molecule has 0 bridgehead atoms. The fourth-order valence-corrected chi connectivity index (χ4v) is 2.18. The highest BCUT2D eigenvalue weighted by Crippen LogP contribution is 2.34. The molecule has 0 fully saturated rings. The lowest BCUT2D eigenvalue weighted by Gasteiger charge is -2.07. The van der Waals surface area contributed by atoms with Crippen LogP contribution in [0, 0.1) is 0 Å². The molecule has 0 saturated carbocycles. The topological polar surface area (TPSA) is 91.2 Å². The molecule has 1 aliphatic rings. The molecule has 110 valence electrons. The molecule has 0 saturated heterocycles. The van der Waals surface area contributed by atoms with Crippen LogP contribution in [0.3, 0.4) is 0 Å². The van der Waals surface area contributed by atoms with Crippen molar-refractivity contribution in [2.24, 2.45) is 7.05 Å². The third-order valence-corrected chi connectivity index (χ3v) is 3.34. The van der Waals surface area contributed by atoms with E-state index in [1.165, 1.54) is 10.8 Å². The maximum absolute atomic E-state index is 11.6. The van der Waals surface area contributed by atoms with Gasteiger partial charge in [0.05, 0.1) is 12.4 Å². The molecule has 0 unspecified atom stereocenters. The van der Waals surface area contributed by atoms with E-state index in [1.807, 2.05) is 12.1 Å². The van der Waals surface area contributed by atoms with Crippen molar-refractivity contribution in [2.75, 3.05) is 12.1 Å². The van der Waals surface area contributed by atoms with Crippen LogP contribution in [0.25, 0.3) is 11.2 Å².